The van der Waals surface area contributed by atoms with Crippen LogP contribution >= 0.6 is 58.3 Å². The summed E-state index contributed by atoms with van der Waals surface area (Å²) in [7, 11) is 2.98. The highest BCUT2D eigenvalue weighted by Crippen LogP contribution is 2.48. The van der Waals surface area contributed by atoms with Gasteiger partial charge in [0.05, 0.1) is 0 Å². The second kappa shape index (κ2) is 22.4. The highest BCUT2D eigenvalue weighted by atomic mass is 35.6. The maximum Gasteiger partial charge on any atom is 0.407 e. The number of carbonyl (C=O) groups is 5. The zero-order chi connectivity index (χ0) is 47.6. The number of nitrogens with zero attached hydrogens (tertiary/aromatic N) is 5. The van der Waals surface area contributed by atoms with Gasteiger partial charge in [-0.25, -0.2) is 19.1 Å². The Bertz CT molecular complexity index is 2480. The van der Waals surface area contributed by atoms with Crippen LogP contribution in [-0.4, -0.2) is 101 Å². The van der Waals surface area contributed by atoms with Crippen LogP contribution in [0.5, 0.6) is 0 Å². The molecule has 0 aliphatic carbocycles. The Morgan fingerprint density at radius 3 is 1.88 bits per heavy atom. The van der Waals surface area contributed by atoms with Gasteiger partial charge in [0.15, 0.2) is 12.2 Å². The monoisotopic (exact) mass is 1010 g/mol. The van der Waals surface area contributed by atoms with Gasteiger partial charge in [0.2, 0.25) is 14.9 Å². The number of ether oxygens (including phenoxy) is 4. The van der Waals surface area contributed by atoms with Crippen LogP contribution in [-0.2, 0) is 45.2 Å². The van der Waals surface area contributed by atoms with E-state index in [0.717, 1.165) is 11.1 Å². The third kappa shape index (κ3) is 12.1. The summed E-state index contributed by atoms with van der Waals surface area (Å²) in [6, 6.07) is 35.3. The van der Waals surface area contributed by atoms with Gasteiger partial charge in [-0.05, 0) is 51.1 Å². The molecule has 5 aromatic rings. The lowest BCUT2D eigenvalue weighted by Crippen LogP contribution is -2.80. The largest absolute Gasteiger partial charge is 0.451 e. The summed E-state index contributed by atoms with van der Waals surface area (Å²) in [5.74, 6) is -2.37. The van der Waals surface area contributed by atoms with Crippen LogP contribution in [0.15, 0.2) is 138 Å². The zero-order valence-electron chi connectivity index (χ0n) is 36.0. The summed E-state index contributed by atoms with van der Waals surface area (Å²) in [5.41, 5.74) is 1.53. The number of esters is 2. The van der Waals surface area contributed by atoms with E-state index in [1.165, 1.54) is 40.2 Å². The summed E-state index contributed by atoms with van der Waals surface area (Å²) < 4.78 is 22.8. The third-order valence-corrected chi connectivity index (χ3v) is 13.4. The van der Waals surface area contributed by atoms with E-state index in [0.29, 0.717) is 21.9 Å². The van der Waals surface area contributed by atoms with Gasteiger partial charge in [-0.3, -0.25) is 14.5 Å². The van der Waals surface area contributed by atoms with Crippen LogP contribution < -0.4 is 10.6 Å². The van der Waals surface area contributed by atoms with Crippen molar-refractivity contribution >= 4 is 88.2 Å². The molecule has 2 aliphatic rings. The maximum atomic E-state index is 14.5. The van der Waals surface area contributed by atoms with Gasteiger partial charge in [0.25, 0.3) is 11.6 Å². The van der Waals surface area contributed by atoms with E-state index in [2.05, 4.69) is 26.2 Å². The van der Waals surface area contributed by atoms with Crippen molar-refractivity contribution in [1.82, 2.24) is 35.7 Å². The molecule has 16 nitrogen and oxygen atoms in total. The minimum atomic E-state index is -1.92. The Balaban J connectivity index is 1.07. The highest BCUT2D eigenvalue weighted by molar-refractivity contribution is 8.01. The number of benzene rings is 4. The molecule has 3 atom stereocenters. The molecule has 0 spiro atoms. The van der Waals surface area contributed by atoms with E-state index in [1.54, 1.807) is 55.6 Å². The highest BCUT2D eigenvalue weighted by Gasteiger charge is 2.66. The van der Waals surface area contributed by atoms with Crippen LogP contribution in [0.3, 0.4) is 0 Å². The van der Waals surface area contributed by atoms with Crippen LogP contribution in [0.4, 0.5) is 4.79 Å². The van der Waals surface area contributed by atoms with Crippen molar-refractivity contribution in [1.29, 1.82) is 0 Å². The van der Waals surface area contributed by atoms with Crippen LogP contribution in [0.1, 0.15) is 53.7 Å². The first-order valence-electron chi connectivity index (χ1n) is 20.8. The summed E-state index contributed by atoms with van der Waals surface area (Å²) in [5, 5.41) is 16.5. The number of rotatable bonds is 19. The quantitative estimate of drug-likeness (QED) is 0.0210. The third-order valence-electron chi connectivity index (χ3n) is 10.6. The average molecular weight is 1010 g/mol. The molecule has 21 heteroatoms. The van der Waals surface area contributed by atoms with Crippen molar-refractivity contribution < 1.29 is 42.9 Å². The molecule has 1 aromatic heterocycles. The predicted octanol–water partition coefficient (Wildman–Crippen LogP) is 7.23. The number of β-lactam (4-membered cyclic amide) rings is 1. The first kappa shape index (κ1) is 49.3. The SMILES string of the molecule is COC1(NC(=O)CCCC(NC(=O)OCC(Cl)(Cl)Cl)C(=O)OC(c2ccccc2)c2ccccc2)C(=O)N2C(C(=O)OC(c3ccccc3)c3ccccc3)=C(CSc3nnnn3C)CSC21. The number of aromatic nitrogens is 4. The second-order valence-electron chi connectivity index (χ2n) is 15.2. The first-order chi connectivity index (χ1) is 32.3. The first-order valence-corrected chi connectivity index (χ1v) is 23.9. The number of methoxy groups -OCH3 is 1. The molecule has 3 amide bonds. The molecule has 2 aliphatic heterocycles. The average Bonchev–Trinajstić information content (AvgIpc) is 3.76. The van der Waals surface area contributed by atoms with E-state index in [9.17, 15) is 24.0 Å². The topological polar surface area (TPSA) is 193 Å². The zero-order valence-corrected chi connectivity index (χ0v) is 39.9. The van der Waals surface area contributed by atoms with Gasteiger partial charge in [0, 0.05) is 32.1 Å². The molecular weight excluding hydrogens is 965 g/mol. The van der Waals surface area contributed by atoms with Crippen molar-refractivity contribution in [2.75, 3.05) is 25.2 Å². The maximum absolute atomic E-state index is 14.5. The molecule has 1 saturated heterocycles. The van der Waals surface area contributed by atoms with Gasteiger partial charge < -0.3 is 29.6 Å². The van der Waals surface area contributed by atoms with E-state index in [1.807, 2.05) is 72.8 Å². The fourth-order valence-corrected chi connectivity index (χ4v) is 9.98. The minimum Gasteiger partial charge on any atom is -0.451 e. The Labute approximate surface area is 409 Å². The van der Waals surface area contributed by atoms with Crippen molar-refractivity contribution in [3.05, 3.63) is 155 Å². The summed E-state index contributed by atoms with van der Waals surface area (Å²) in [6.45, 7) is -0.609. The lowest BCUT2D eigenvalue weighted by Gasteiger charge is -2.56. The number of alkyl halides is 3. The van der Waals surface area contributed by atoms with Gasteiger partial charge in [0.1, 0.15) is 23.7 Å². The van der Waals surface area contributed by atoms with Crippen molar-refractivity contribution in [3.8, 4) is 0 Å². The summed E-state index contributed by atoms with van der Waals surface area (Å²) >= 11 is 19.9. The number of halogens is 3. The molecule has 2 N–H and O–H groups in total. The molecule has 1 fully saturated rings. The van der Waals surface area contributed by atoms with Crippen LogP contribution in [0.25, 0.3) is 0 Å². The standard InChI is InChI=1S/C46H44Cl3N7O9S2/c1-55-43(52-53-54-55)67-27-33-26-66-42-46(62-2,41(60)56(42)36(33)40(59)65-38(31-20-11-5-12-21-31)32-22-13-6-14-23-32)51-35(57)25-15-24-34(50-44(61)63-28-45(47,48)49)39(58)64-37(29-16-7-3-8-17-29)30-18-9-4-10-19-30/h3-14,16-23,34,37-38,42H,15,24-28H2,1-2H3,(H,50,61)(H,51,57). The number of carbonyl (C=O) groups excluding carboxylic acids is 5. The lowest BCUT2D eigenvalue weighted by atomic mass is 9.97. The molecule has 350 valence electrons. The normalized spacial score (nSPS) is 17.3. The molecule has 0 saturated carbocycles. The van der Waals surface area contributed by atoms with Gasteiger partial charge in [-0.1, -0.05) is 168 Å². The molecule has 3 heterocycles. The number of amides is 3. The summed E-state index contributed by atoms with van der Waals surface area (Å²) in [6.07, 6.45) is -3.03. The van der Waals surface area contributed by atoms with Crippen molar-refractivity contribution in [3.63, 3.8) is 0 Å². The smallest absolute Gasteiger partial charge is 0.407 e. The summed E-state index contributed by atoms with van der Waals surface area (Å²) in [4.78, 5) is 70.9. The van der Waals surface area contributed by atoms with E-state index in [4.69, 9.17) is 53.8 Å². The Morgan fingerprint density at radius 1 is 0.851 bits per heavy atom. The molecule has 3 unspecified atom stereocenters. The number of alkyl carbamates (subject to hydrolysis) is 1. The van der Waals surface area contributed by atoms with Crippen LogP contribution in [0.2, 0.25) is 0 Å². The van der Waals surface area contributed by atoms with Gasteiger partial charge in [-0.15, -0.1) is 16.9 Å². The number of fused-ring (bicyclic) bond motifs is 1. The molecule has 67 heavy (non-hydrogen) atoms. The number of tetrazole rings is 1. The molecule has 4 aromatic carbocycles. The minimum absolute atomic E-state index is 0.0172. The van der Waals surface area contributed by atoms with Crippen molar-refractivity contribution in [2.45, 2.75) is 57.6 Å². The van der Waals surface area contributed by atoms with E-state index >= 15 is 0 Å². The number of hydrogen-bond donors (Lipinski definition) is 2. The van der Waals surface area contributed by atoms with Crippen LogP contribution in [0, 0.1) is 0 Å². The molecule has 0 radical (unpaired) electrons. The van der Waals surface area contributed by atoms with E-state index < -0.39 is 69.6 Å². The molecule has 7 rings (SSSR count). The molecular formula is C46H44Cl3N7O9S2. The number of thioether (sulfide) groups is 2. The fourth-order valence-electron chi connectivity index (χ4n) is 7.38. The second-order valence-corrected chi connectivity index (χ2v) is 19.7. The lowest BCUT2D eigenvalue weighted by molar-refractivity contribution is -0.193. The number of hydrogen-bond acceptors (Lipinski definition) is 14. The van der Waals surface area contributed by atoms with Gasteiger partial charge in [-0.2, -0.15) is 0 Å². The predicted molar refractivity (Wildman–Crippen MR) is 252 cm³/mol. The fraction of sp³-hybridized carbons (Fsp3) is 0.304. The van der Waals surface area contributed by atoms with Crippen molar-refractivity contribution in [2.24, 2.45) is 7.05 Å². The molecule has 0 bridgehead atoms. The Kier molecular flexibility index (Phi) is 16.5. The Morgan fingerprint density at radius 2 is 1.39 bits per heavy atom. The van der Waals surface area contributed by atoms with Gasteiger partial charge >= 0.3 is 18.0 Å². The Hall–Kier alpha value is -5.63. The number of nitrogens with one attached hydrogen (secondary N) is 2. The van der Waals surface area contributed by atoms with E-state index in [-0.39, 0.29) is 36.5 Å². The number of aryl methyl sites for hydroxylation is 1.